The summed E-state index contributed by atoms with van der Waals surface area (Å²) in [5.41, 5.74) is 0. The SMILES string of the molecule is OCc1ncnn1CC1CCCO1. The summed E-state index contributed by atoms with van der Waals surface area (Å²) < 4.78 is 7.16. The van der Waals surface area contributed by atoms with Crippen LogP contribution in [0.15, 0.2) is 6.33 Å². The van der Waals surface area contributed by atoms with Gasteiger partial charge in [0.05, 0.1) is 12.6 Å². The molecular formula is C8H13N3O2. The topological polar surface area (TPSA) is 60.2 Å². The Morgan fingerprint density at radius 3 is 3.31 bits per heavy atom. The maximum Gasteiger partial charge on any atom is 0.152 e. The summed E-state index contributed by atoms with van der Waals surface area (Å²) in [5.74, 6) is 0.607. The number of aliphatic hydroxyl groups excluding tert-OH is 1. The van der Waals surface area contributed by atoms with Crippen molar-refractivity contribution in [1.82, 2.24) is 14.8 Å². The summed E-state index contributed by atoms with van der Waals surface area (Å²) in [5, 5.41) is 12.9. The van der Waals surface area contributed by atoms with Crippen molar-refractivity contribution >= 4 is 0 Å². The molecule has 1 unspecified atom stereocenters. The highest BCUT2D eigenvalue weighted by molar-refractivity contribution is 4.82. The quantitative estimate of drug-likeness (QED) is 0.713. The summed E-state index contributed by atoms with van der Waals surface area (Å²) in [6, 6.07) is 0. The smallest absolute Gasteiger partial charge is 0.152 e. The fraction of sp³-hybridized carbons (Fsp3) is 0.750. The first-order valence-electron chi connectivity index (χ1n) is 4.49. The van der Waals surface area contributed by atoms with Gasteiger partial charge in [-0.15, -0.1) is 0 Å². The van der Waals surface area contributed by atoms with Gasteiger partial charge in [-0.05, 0) is 12.8 Å². The Morgan fingerprint density at radius 2 is 2.62 bits per heavy atom. The van der Waals surface area contributed by atoms with Crippen LogP contribution in [0.25, 0.3) is 0 Å². The van der Waals surface area contributed by atoms with Crippen LogP contribution in [0, 0.1) is 0 Å². The van der Waals surface area contributed by atoms with E-state index in [1.807, 2.05) is 0 Å². The molecule has 0 aromatic carbocycles. The molecule has 0 amide bonds. The van der Waals surface area contributed by atoms with Crippen LogP contribution < -0.4 is 0 Å². The average Bonchev–Trinajstić information content (AvgIpc) is 2.76. The van der Waals surface area contributed by atoms with E-state index in [1.54, 1.807) is 4.68 Å². The molecule has 0 spiro atoms. The third-order valence-corrected chi connectivity index (χ3v) is 2.24. The predicted octanol–water partition coefficient (Wildman–Crippen LogP) is -0.0506. The van der Waals surface area contributed by atoms with Crippen LogP contribution in [0.5, 0.6) is 0 Å². The Morgan fingerprint density at radius 1 is 1.69 bits per heavy atom. The fourth-order valence-electron chi connectivity index (χ4n) is 1.54. The van der Waals surface area contributed by atoms with Crippen molar-refractivity contribution in [2.45, 2.75) is 32.1 Å². The molecule has 1 N–H and O–H groups in total. The standard InChI is InChI=1S/C8H13N3O2/c12-5-8-9-6-10-11(8)4-7-2-1-3-13-7/h6-7,12H,1-5H2. The molecule has 1 atom stereocenters. The number of aliphatic hydroxyl groups is 1. The zero-order valence-electron chi connectivity index (χ0n) is 7.39. The van der Waals surface area contributed by atoms with Crippen molar-refractivity contribution in [1.29, 1.82) is 0 Å². The zero-order valence-corrected chi connectivity index (χ0v) is 7.39. The lowest BCUT2D eigenvalue weighted by atomic mass is 10.2. The molecule has 72 valence electrons. The monoisotopic (exact) mass is 183 g/mol. The van der Waals surface area contributed by atoms with Crippen LogP contribution in [0.4, 0.5) is 0 Å². The van der Waals surface area contributed by atoms with Crippen molar-refractivity contribution in [3.63, 3.8) is 0 Å². The van der Waals surface area contributed by atoms with E-state index in [2.05, 4.69) is 10.1 Å². The molecule has 1 aromatic heterocycles. The van der Waals surface area contributed by atoms with Gasteiger partial charge in [-0.1, -0.05) is 0 Å². The molecule has 5 heteroatoms. The molecule has 1 aromatic rings. The summed E-state index contributed by atoms with van der Waals surface area (Å²) in [6.45, 7) is 1.48. The van der Waals surface area contributed by atoms with Crippen LogP contribution in [-0.2, 0) is 17.9 Å². The Hall–Kier alpha value is -0.940. The van der Waals surface area contributed by atoms with E-state index in [9.17, 15) is 0 Å². The largest absolute Gasteiger partial charge is 0.388 e. The van der Waals surface area contributed by atoms with Crippen molar-refractivity contribution in [2.24, 2.45) is 0 Å². The number of hydrogen-bond acceptors (Lipinski definition) is 4. The van der Waals surface area contributed by atoms with Crippen LogP contribution >= 0.6 is 0 Å². The molecule has 0 bridgehead atoms. The Bertz CT molecular complexity index is 268. The Kier molecular flexibility index (Phi) is 2.56. The molecule has 1 aliphatic rings. The number of rotatable bonds is 3. The fourth-order valence-corrected chi connectivity index (χ4v) is 1.54. The van der Waals surface area contributed by atoms with Gasteiger partial charge >= 0.3 is 0 Å². The minimum Gasteiger partial charge on any atom is -0.388 e. The molecule has 2 rings (SSSR count). The maximum atomic E-state index is 8.92. The minimum atomic E-state index is -0.0628. The zero-order chi connectivity index (χ0) is 9.10. The second-order valence-corrected chi connectivity index (χ2v) is 3.15. The van der Waals surface area contributed by atoms with E-state index in [4.69, 9.17) is 9.84 Å². The second-order valence-electron chi connectivity index (χ2n) is 3.15. The van der Waals surface area contributed by atoms with Crippen molar-refractivity contribution in [3.05, 3.63) is 12.2 Å². The normalized spacial score (nSPS) is 22.4. The number of ether oxygens (including phenoxy) is 1. The molecule has 2 heterocycles. The van der Waals surface area contributed by atoms with Crippen LogP contribution in [0.1, 0.15) is 18.7 Å². The van der Waals surface area contributed by atoms with Gasteiger partial charge in [0.25, 0.3) is 0 Å². The first kappa shape index (κ1) is 8.65. The van der Waals surface area contributed by atoms with E-state index in [1.165, 1.54) is 6.33 Å². The van der Waals surface area contributed by atoms with Gasteiger partial charge in [-0.25, -0.2) is 9.67 Å². The molecule has 0 aliphatic carbocycles. The van der Waals surface area contributed by atoms with Gasteiger partial charge in [0.15, 0.2) is 5.82 Å². The second kappa shape index (κ2) is 3.85. The lowest BCUT2D eigenvalue weighted by molar-refractivity contribution is 0.0916. The third kappa shape index (κ3) is 1.87. The summed E-state index contributed by atoms with van der Waals surface area (Å²) >= 11 is 0. The molecule has 1 aliphatic heterocycles. The van der Waals surface area contributed by atoms with Gasteiger partial charge in [0, 0.05) is 6.61 Å². The van der Waals surface area contributed by atoms with E-state index in [0.29, 0.717) is 12.4 Å². The van der Waals surface area contributed by atoms with Crippen molar-refractivity contribution < 1.29 is 9.84 Å². The van der Waals surface area contributed by atoms with E-state index >= 15 is 0 Å². The predicted molar refractivity (Wildman–Crippen MR) is 44.9 cm³/mol. The van der Waals surface area contributed by atoms with Gasteiger partial charge in [0.2, 0.25) is 0 Å². The average molecular weight is 183 g/mol. The van der Waals surface area contributed by atoms with E-state index < -0.39 is 0 Å². The molecule has 13 heavy (non-hydrogen) atoms. The highest BCUT2D eigenvalue weighted by Crippen LogP contribution is 2.13. The van der Waals surface area contributed by atoms with Gasteiger partial charge in [-0.2, -0.15) is 5.10 Å². The highest BCUT2D eigenvalue weighted by atomic mass is 16.5. The third-order valence-electron chi connectivity index (χ3n) is 2.24. The van der Waals surface area contributed by atoms with Crippen LogP contribution in [0.3, 0.4) is 0 Å². The lowest BCUT2D eigenvalue weighted by Crippen LogP contribution is -2.18. The highest BCUT2D eigenvalue weighted by Gasteiger charge is 2.17. The van der Waals surface area contributed by atoms with Crippen LogP contribution in [0.2, 0.25) is 0 Å². The summed E-state index contributed by atoms with van der Waals surface area (Å²) in [4.78, 5) is 3.92. The van der Waals surface area contributed by atoms with Crippen molar-refractivity contribution in [2.75, 3.05) is 6.61 Å². The van der Waals surface area contributed by atoms with Gasteiger partial charge in [-0.3, -0.25) is 0 Å². The number of aromatic nitrogens is 3. The lowest BCUT2D eigenvalue weighted by Gasteiger charge is -2.09. The maximum absolute atomic E-state index is 8.92. The summed E-state index contributed by atoms with van der Waals surface area (Å²) in [7, 11) is 0. The molecule has 0 saturated carbocycles. The number of hydrogen-bond donors (Lipinski definition) is 1. The molecule has 1 fully saturated rings. The molecule has 1 saturated heterocycles. The molecule has 0 radical (unpaired) electrons. The van der Waals surface area contributed by atoms with Gasteiger partial charge in [0.1, 0.15) is 12.9 Å². The first-order valence-corrected chi connectivity index (χ1v) is 4.49. The van der Waals surface area contributed by atoms with E-state index in [0.717, 1.165) is 19.4 Å². The van der Waals surface area contributed by atoms with Crippen molar-refractivity contribution in [3.8, 4) is 0 Å². The molecule has 5 nitrogen and oxygen atoms in total. The Balaban J connectivity index is 1.99. The first-order chi connectivity index (χ1) is 6.40. The molecular weight excluding hydrogens is 170 g/mol. The minimum absolute atomic E-state index is 0.0628. The van der Waals surface area contributed by atoms with Crippen LogP contribution in [-0.4, -0.2) is 32.6 Å². The summed E-state index contributed by atoms with van der Waals surface area (Å²) in [6.07, 6.45) is 3.89. The Labute approximate surface area is 76.3 Å². The van der Waals surface area contributed by atoms with Gasteiger partial charge < -0.3 is 9.84 Å². The van der Waals surface area contributed by atoms with E-state index in [-0.39, 0.29) is 12.7 Å². The number of nitrogens with zero attached hydrogens (tertiary/aromatic N) is 3.